The topological polar surface area (TPSA) is 73.6 Å². The van der Waals surface area contributed by atoms with E-state index in [9.17, 15) is 4.79 Å². The Balaban J connectivity index is 2.81. The van der Waals surface area contributed by atoms with Crippen molar-refractivity contribution in [3.63, 3.8) is 0 Å². The lowest BCUT2D eigenvalue weighted by Gasteiger charge is -2.19. The second kappa shape index (κ2) is 5.05. The van der Waals surface area contributed by atoms with Gasteiger partial charge in [0.25, 0.3) is 5.91 Å². The molecule has 0 saturated heterocycles. The molecule has 1 aromatic rings. The Kier molecular flexibility index (Phi) is 3.96. The second-order valence-electron chi connectivity index (χ2n) is 4.60. The highest BCUT2D eigenvalue weighted by atomic mass is 16.7. The van der Waals surface area contributed by atoms with Crippen LogP contribution in [0.4, 0.5) is 5.69 Å². The summed E-state index contributed by atoms with van der Waals surface area (Å²) in [6, 6.07) is 4.87. The number of methoxy groups -OCH3 is 1. The Morgan fingerprint density at radius 1 is 1.35 bits per heavy atom. The number of nitrogens with one attached hydrogen (secondary N) is 1. The molecule has 5 heteroatoms. The van der Waals surface area contributed by atoms with Gasteiger partial charge in [0.1, 0.15) is 5.75 Å². The highest BCUT2D eigenvalue weighted by Gasteiger charge is 2.16. The van der Waals surface area contributed by atoms with Gasteiger partial charge in [0.15, 0.2) is 0 Å². The largest absolute Gasteiger partial charge is 0.497 e. The van der Waals surface area contributed by atoms with Crippen LogP contribution in [-0.2, 0) is 4.84 Å². The summed E-state index contributed by atoms with van der Waals surface area (Å²) in [5, 5.41) is 0. The van der Waals surface area contributed by atoms with E-state index >= 15 is 0 Å². The zero-order chi connectivity index (χ0) is 13.1. The monoisotopic (exact) mass is 238 g/mol. The molecule has 0 unspecified atom stereocenters. The van der Waals surface area contributed by atoms with Crippen molar-refractivity contribution in [2.45, 2.75) is 26.4 Å². The molecule has 5 nitrogen and oxygen atoms in total. The van der Waals surface area contributed by atoms with Crippen LogP contribution in [0.1, 0.15) is 31.1 Å². The van der Waals surface area contributed by atoms with Crippen molar-refractivity contribution in [1.82, 2.24) is 5.48 Å². The molecular weight excluding hydrogens is 220 g/mol. The molecule has 0 aliphatic carbocycles. The van der Waals surface area contributed by atoms with Gasteiger partial charge in [0.2, 0.25) is 0 Å². The van der Waals surface area contributed by atoms with Crippen LogP contribution in [0, 0.1) is 0 Å². The Morgan fingerprint density at radius 3 is 2.53 bits per heavy atom. The number of hydroxylamine groups is 1. The summed E-state index contributed by atoms with van der Waals surface area (Å²) >= 11 is 0. The molecule has 3 N–H and O–H groups in total. The molecule has 0 spiro atoms. The van der Waals surface area contributed by atoms with Crippen molar-refractivity contribution in [2.24, 2.45) is 0 Å². The Morgan fingerprint density at radius 2 is 2.00 bits per heavy atom. The predicted octanol–water partition coefficient (Wildman–Crippen LogP) is 1.74. The fraction of sp³-hybridized carbons (Fsp3) is 0.417. The lowest BCUT2D eigenvalue weighted by Crippen LogP contribution is -2.33. The van der Waals surface area contributed by atoms with Gasteiger partial charge in [-0.05, 0) is 39.0 Å². The highest BCUT2D eigenvalue weighted by molar-refractivity contribution is 5.98. The lowest BCUT2D eigenvalue weighted by molar-refractivity contribution is -0.0589. The van der Waals surface area contributed by atoms with Gasteiger partial charge in [-0.15, -0.1) is 0 Å². The molecule has 0 atom stereocenters. The zero-order valence-corrected chi connectivity index (χ0v) is 10.5. The number of anilines is 1. The van der Waals surface area contributed by atoms with Gasteiger partial charge in [0.05, 0.1) is 18.3 Å². The van der Waals surface area contributed by atoms with Gasteiger partial charge < -0.3 is 10.5 Å². The van der Waals surface area contributed by atoms with E-state index in [2.05, 4.69) is 5.48 Å². The van der Waals surface area contributed by atoms with Gasteiger partial charge in [0, 0.05) is 5.69 Å². The minimum absolute atomic E-state index is 0.327. The number of amides is 1. The van der Waals surface area contributed by atoms with E-state index in [0.29, 0.717) is 17.0 Å². The molecular formula is C12H18N2O3. The first-order valence-electron chi connectivity index (χ1n) is 5.25. The Labute approximate surface area is 101 Å². The van der Waals surface area contributed by atoms with Crippen LogP contribution >= 0.6 is 0 Å². The number of nitrogen functional groups attached to an aromatic ring is 1. The summed E-state index contributed by atoms with van der Waals surface area (Å²) in [4.78, 5) is 17.0. The quantitative estimate of drug-likeness (QED) is 0.621. The molecule has 1 rings (SSSR count). The van der Waals surface area contributed by atoms with E-state index in [0.717, 1.165) is 0 Å². The van der Waals surface area contributed by atoms with Crippen molar-refractivity contribution in [3.05, 3.63) is 23.8 Å². The standard InChI is InChI=1S/C12H18N2O3/c1-12(2,3)17-14-11(15)9-7-8(16-4)5-6-10(9)13/h5-7H,13H2,1-4H3,(H,14,15). The van der Waals surface area contributed by atoms with Crippen LogP contribution in [0.15, 0.2) is 18.2 Å². The van der Waals surface area contributed by atoms with Crippen LogP contribution in [0.3, 0.4) is 0 Å². The first kappa shape index (κ1) is 13.3. The molecule has 17 heavy (non-hydrogen) atoms. The predicted molar refractivity (Wildman–Crippen MR) is 65.7 cm³/mol. The molecule has 1 amide bonds. The lowest BCUT2D eigenvalue weighted by atomic mass is 10.1. The van der Waals surface area contributed by atoms with E-state index in [1.54, 1.807) is 18.2 Å². The molecule has 0 bridgehead atoms. The zero-order valence-electron chi connectivity index (χ0n) is 10.5. The molecule has 0 radical (unpaired) electrons. The van der Waals surface area contributed by atoms with Crippen LogP contribution in [0.5, 0.6) is 5.75 Å². The van der Waals surface area contributed by atoms with E-state index in [-0.39, 0.29) is 0 Å². The molecule has 0 fully saturated rings. The smallest absolute Gasteiger partial charge is 0.277 e. The third kappa shape index (κ3) is 3.96. The van der Waals surface area contributed by atoms with E-state index in [4.69, 9.17) is 15.3 Å². The first-order chi connectivity index (χ1) is 7.83. The first-order valence-corrected chi connectivity index (χ1v) is 5.25. The van der Waals surface area contributed by atoms with Crippen molar-refractivity contribution in [1.29, 1.82) is 0 Å². The molecule has 0 aliphatic heterocycles. The fourth-order valence-electron chi connectivity index (χ4n) is 1.11. The maximum atomic E-state index is 11.8. The Hall–Kier alpha value is -1.75. The van der Waals surface area contributed by atoms with Crippen LogP contribution in [0.25, 0.3) is 0 Å². The summed E-state index contributed by atoms with van der Waals surface area (Å²) in [6.45, 7) is 5.51. The van der Waals surface area contributed by atoms with Gasteiger partial charge in [-0.1, -0.05) is 0 Å². The molecule has 0 aliphatic rings. The third-order valence-corrected chi connectivity index (χ3v) is 1.96. The maximum Gasteiger partial charge on any atom is 0.277 e. The summed E-state index contributed by atoms with van der Waals surface area (Å²) in [7, 11) is 1.53. The van der Waals surface area contributed by atoms with Crippen LogP contribution in [-0.4, -0.2) is 18.6 Å². The maximum absolute atomic E-state index is 11.8. The summed E-state index contributed by atoms with van der Waals surface area (Å²) < 4.78 is 5.03. The number of rotatable bonds is 3. The van der Waals surface area contributed by atoms with Crippen molar-refractivity contribution < 1.29 is 14.4 Å². The number of hydrogen-bond acceptors (Lipinski definition) is 4. The SMILES string of the molecule is COc1ccc(N)c(C(=O)NOC(C)(C)C)c1. The third-order valence-electron chi connectivity index (χ3n) is 1.96. The molecule has 94 valence electrons. The van der Waals surface area contributed by atoms with Crippen molar-refractivity contribution in [3.8, 4) is 5.75 Å². The van der Waals surface area contributed by atoms with Gasteiger partial charge in [-0.3, -0.25) is 9.63 Å². The highest BCUT2D eigenvalue weighted by Crippen LogP contribution is 2.19. The van der Waals surface area contributed by atoms with Gasteiger partial charge >= 0.3 is 0 Å². The number of carbonyl (C=O) groups is 1. The minimum Gasteiger partial charge on any atom is -0.497 e. The average molecular weight is 238 g/mol. The summed E-state index contributed by atoms with van der Waals surface area (Å²) in [5.41, 5.74) is 8.32. The van der Waals surface area contributed by atoms with Gasteiger partial charge in [-0.25, -0.2) is 5.48 Å². The molecule has 0 heterocycles. The normalized spacial score (nSPS) is 11.1. The molecule has 0 aromatic heterocycles. The number of ether oxygens (including phenoxy) is 1. The second-order valence-corrected chi connectivity index (χ2v) is 4.60. The number of benzene rings is 1. The summed E-state index contributed by atoms with van der Waals surface area (Å²) in [6.07, 6.45) is 0. The van der Waals surface area contributed by atoms with Crippen LogP contribution < -0.4 is 16.0 Å². The summed E-state index contributed by atoms with van der Waals surface area (Å²) in [5.74, 6) is 0.177. The van der Waals surface area contributed by atoms with E-state index < -0.39 is 11.5 Å². The number of hydrogen-bond donors (Lipinski definition) is 2. The van der Waals surface area contributed by atoms with E-state index in [1.807, 2.05) is 20.8 Å². The fourth-order valence-corrected chi connectivity index (χ4v) is 1.11. The number of carbonyl (C=O) groups excluding carboxylic acids is 1. The molecule has 0 saturated carbocycles. The van der Waals surface area contributed by atoms with Gasteiger partial charge in [-0.2, -0.15) is 0 Å². The van der Waals surface area contributed by atoms with E-state index in [1.165, 1.54) is 7.11 Å². The van der Waals surface area contributed by atoms with Crippen molar-refractivity contribution in [2.75, 3.05) is 12.8 Å². The molecule has 1 aromatic carbocycles. The minimum atomic E-state index is -0.455. The Bertz CT molecular complexity index is 411. The number of nitrogens with two attached hydrogens (primary N) is 1. The van der Waals surface area contributed by atoms with Crippen molar-refractivity contribution >= 4 is 11.6 Å². The van der Waals surface area contributed by atoms with Crippen LogP contribution in [0.2, 0.25) is 0 Å². The average Bonchev–Trinajstić information content (AvgIpc) is 2.25.